The second-order valence-corrected chi connectivity index (χ2v) is 12.2. The number of sulfonamides is 1. The van der Waals surface area contributed by atoms with E-state index in [1.165, 1.54) is 23.5 Å². The molecule has 1 saturated heterocycles. The lowest BCUT2D eigenvalue weighted by molar-refractivity contribution is 0.0983. The number of halogens is 1. The Morgan fingerprint density at radius 2 is 1.81 bits per heavy atom. The fourth-order valence-corrected chi connectivity index (χ4v) is 7.04. The van der Waals surface area contributed by atoms with Crippen LogP contribution in [0.3, 0.4) is 0 Å². The van der Waals surface area contributed by atoms with E-state index in [9.17, 15) is 13.2 Å². The van der Waals surface area contributed by atoms with Crippen LogP contribution in [-0.2, 0) is 16.6 Å². The van der Waals surface area contributed by atoms with Crippen molar-refractivity contribution in [1.29, 1.82) is 0 Å². The molecule has 0 spiro atoms. The molecule has 1 amide bonds. The maximum atomic E-state index is 13.7. The van der Waals surface area contributed by atoms with Gasteiger partial charge in [-0.1, -0.05) is 35.8 Å². The Hall–Kier alpha value is -2.72. The third-order valence-corrected chi connectivity index (χ3v) is 9.78. The normalized spacial score (nSPS) is 15.2. The largest absolute Gasteiger partial charge is 0.467 e. The van der Waals surface area contributed by atoms with Crippen molar-refractivity contribution in [2.24, 2.45) is 0 Å². The van der Waals surface area contributed by atoms with Crippen LogP contribution in [0.4, 0.5) is 5.13 Å². The molecule has 0 saturated carbocycles. The van der Waals surface area contributed by atoms with Gasteiger partial charge in [0, 0.05) is 23.7 Å². The van der Waals surface area contributed by atoms with Crippen molar-refractivity contribution in [1.82, 2.24) is 9.29 Å². The molecule has 0 aliphatic carbocycles. The molecule has 2 aromatic heterocycles. The van der Waals surface area contributed by atoms with Crippen LogP contribution in [0, 0.1) is 6.92 Å². The van der Waals surface area contributed by atoms with Gasteiger partial charge in [-0.05, 0) is 73.9 Å². The topological polar surface area (TPSA) is 83.7 Å². The molecule has 3 heterocycles. The number of hydrogen-bond donors (Lipinski definition) is 0. The highest BCUT2D eigenvalue weighted by Gasteiger charge is 2.27. The first-order valence-corrected chi connectivity index (χ1v) is 14.5. The Morgan fingerprint density at radius 1 is 1.08 bits per heavy atom. The number of carbonyl (C=O) groups is 1. The minimum atomic E-state index is -3.60. The van der Waals surface area contributed by atoms with Crippen LogP contribution in [0.15, 0.2) is 64.1 Å². The first-order chi connectivity index (χ1) is 17.3. The van der Waals surface area contributed by atoms with E-state index < -0.39 is 10.0 Å². The number of furan rings is 1. The van der Waals surface area contributed by atoms with Gasteiger partial charge in [0.15, 0.2) is 5.13 Å². The van der Waals surface area contributed by atoms with Crippen LogP contribution >= 0.6 is 22.9 Å². The van der Waals surface area contributed by atoms with Crippen LogP contribution in [0.5, 0.6) is 0 Å². The maximum absolute atomic E-state index is 13.7. The monoisotopic (exact) mass is 543 g/mol. The van der Waals surface area contributed by atoms with Gasteiger partial charge in [0.25, 0.3) is 5.91 Å². The number of anilines is 1. The average molecular weight is 544 g/mol. The van der Waals surface area contributed by atoms with Gasteiger partial charge in [-0.15, -0.1) is 0 Å². The summed E-state index contributed by atoms with van der Waals surface area (Å²) in [6.45, 7) is 3.14. The van der Waals surface area contributed by atoms with Gasteiger partial charge in [0.2, 0.25) is 10.0 Å². The minimum Gasteiger partial charge on any atom is -0.467 e. The summed E-state index contributed by atoms with van der Waals surface area (Å²) in [6, 6.07) is 13.4. The van der Waals surface area contributed by atoms with Gasteiger partial charge in [0.05, 0.1) is 27.9 Å². The van der Waals surface area contributed by atoms with Gasteiger partial charge in [-0.2, -0.15) is 4.31 Å². The third-order valence-electron chi connectivity index (χ3n) is 6.41. The van der Waals surface area contributed by atoms with Crippen LogP contribution < -0.4 is 4.90 Å². The molecule has 1 aliphatic rings. The van der Waals surface area contributed by atoms with E-state index in [1.54, 1.807) is 39.7 Å². The summed E-state index contributed by atoms with van der Waals surface area (Å²) in [5, 5.41) is 1.13. The lowest BCUT2D eigenvalue weighted by atomic mass is 10.2. The number of nitrogens with zero attached hydrogens (tertiary/aromatic N) is 3. The number of amides is 1. The summed E-state index contributed by atoms with van der Waals surface area (Å²) in [7, 11) is -3.60. The highest BCUT2D eigenvalue weighted by Crippen LogP contribution is 2.35. The maximum Gasteiger partial charge on any atom is 0.260 e. The predicted octanol–water partition coefficient (Wildman–Crippen LogP) is 6.26. The van der Waals surface area contributed by atoms with E-state index >= 15 is 0 Å². The zero-order valence-corrected chi connectivity index (χ0v) is 22.2. The summed E-state index contributed by atoms with van der Waals surface area (Å²) < 4.78 is 34.3. The van der Waals surface area contributed by atoms with E-state index in [0.29, 0.717) is 34.6 Å². The molecule has 10 heteroatoms. The van der Waals surface area contributed by atoms with E-state index in [2.05, 4.69) is 0 Å². The first-order valence-electron chi connectivity index (χ1n) is 11.8. The molecular formula is C26H26ClN3O4S2. The summed E-state index contributed by atoms with van der Waals surface area (Å²) in [5.74, 6) is 0.311. The lowest BCUT2D eigenvalue weighted by Crippen LogP contribution is -2.32. The smallest absolute Gasteiger partial charge is 0.260 e. The molecule has 1 fully saturated rings. The Labute approximate surface area is 219 Å². The van der Waals surface area contributed by atoms with Gasteiger partial charge in [-0.3, -0.25) is 9.69 Å². The Balaban J connectivity index is 1.46. The molecule has 0 radical (unpaired) electrons. The van der Waals surface area contributed by atoms with Crippen LogP contribution in [-0.4, -0.2) is 36.7 Å². The van der Waals surface area contributed by atoms with Crippen molar-refractivity contribution >= 4 is 54.2 Å². The SMILES string of the molecule is Cc1c(Cl)ccc2sc(N(Cc3ccco3)C(=O)c3ccc(S(=O)(=O)N4CCCCCC4)cc3)nc12. The molecule has 7 nitrogen and oxygen atoms in total. The first kappa shape index (κ1) is 25.0. The molecule has 4 aromatic rings. The number of hydrogen-bond acceptors (Lipinski definition) is 6. The van der Waals surface area contributed by atoms with Crippen molar-refractivity contribution in [2.45, 2.75) is 44.0 Å². The van der Waals surface area contributed by atoms with E-state index in [4.69, 9.17) is 21.0 Å². The van der Waals surface area contributed by atoms with Crippen LogP contribution in [0.1, 0.15) is 47.4 Å². The molecule has 1 aliphatic heterocycles. The summed E-state index contributed by atoms with van der Waals surface area (Å²) >= 11 is 7.68. The summed E-state index contributed by atoms with van der Waals surface area (Å²) in [6.07, 6.45) is 5.38. The molecule has 0 unspecified atom stereocenters. The van der Waals surface area contributed by atoms with Crippen molar-refractivity contribution < 1.29 is 17.6 Å². The predicted molar refractivity (Wildman–Crippen MR) is 142 cm³/mol. The number of benzene rings is 2. The van der Waals surface area contributed by atoms with Crippen molar-refractivity contribution in [2.75, 3.05) is 18.0 Å². The number of carbonyl (C=O) groups excluding carboxylic acids is 1. The molecule has 2 aromatic carbocycles. The van der Waals surface area contributed by atoms with Crippen molar-refractivity contribution in [3.63, 3.8) is 0 Å². The third kappa shape index (κ3) is 4.93. The summed E-state index contributed by atoms with van der Waals surface area (Å²) in [4.78, 5) is 20.1. The standard InChI is InChI=1S/C26H26ClN3O4S2/c1-18-22(27)12-13-23-24(18)28-26(35-23)30(17-20-7-6-16-34-20)25(31)19-8-10-21(11-9-19)36(32,33)29-14-4-2-3-5-15-29/h6-13,16H,2-5,14-15,17H2,1H3. The molecule has 0 bridgehead atoms. The number of aryl methyl sites for hydroxylation is 1. The number of fused-ring (bicyclic) bond motifs is 1. The molecule has 5 rings (SSSR count). The highest BCUT2D eigenvalue weighted by molar-refractivity contribution is 7.89. The van der Waals surface area contributed by atoms with E-state index in [0.717, 1.165) is 41.5 Å². The fourth-order valence-electron chi connectivity index (χ4n) is 4.35. The average Bonchev–Trinajstić information content (AvgIpc) is 3.47. The van der Waals surface area contributed by atoms with E-state index in [1.807, 2.05) is 19.1 Å². The van der Waals surface area contributed by atoms with Crippen molar-refractivity contribution in [3.8, 4) is 0 Å². The quantitative estimate of drug-likeness (QED) is 0.286. The van der Waals surface area contributed by atoms with Gasteiger partial charge in [-0.25, -0.2) is 13.4 Å². The fraction of sp³-hybridized carbons (Fsp3) is 0.308. The second-order valence-electron chi connectivity index (χ2n) is 8.83. The molecular weight excluding hydrogens is 518 g/mol. The molecule has 0 N–H and O–H groups in total. The Bertz CT molecular complexity index is 1470. The Kier molecular flexibility index (Phi) is 7.16. The van der Waals surface area contributed by atoms with Gasteiger partial charge < -0.3 is 4.42 Å². The Morgan fingerprint density at radius 3 is 2.47 bits per heavy atom. The van der Waals surface area contributed by atoms with Crippen LogP contribution in [0.25, 0.3) is 10.2 Å². The van der Waals surface area contributed by atoms with Crippen molar-refractivity contribution in [3.05, 3.63) is 76.7 Å². The highest BCUT2D eigenvalue weighted by atomic mass is 35.5. The lowest BCUT2D eigenvalue weighted by Gasteiger charge is -2.21. The number of rotatable bonds is 6. The zero-order chi connectivity index (χ0) is 25.3. The van der Waals surface area contributed by atoms with Gasteiger partial charge in [0.1, 0.15) is 5.76 Å². The zero-order valence-electron chi connectivity index (χ0n) is 19.8. The van der Waals surface area contributed by atoms with E-state index in [-0.39, 0.29) is 17.3 Å². The van der Waals surface area contributed by atoms with Crippen LogP contribution in [0.2, 0.25) is 5.02 Å². The number of thiazole rings is 1. The molecule has 0 atom stereocenters. The second kappa shape index (κ2) is 10.3. The van der Waals surface area contributed by atoms with Gasteiger partial charge >= 0.3 is 0 Å². The minimum absolute atomic E-state index is 0.187. The number of aromatic nitrogens is 1. The molecule has 36 heavy (non-hydrogen) atoms. The molecule has 188 valence electrons. The summed E-state index contributed by atoms with van der Waals surface area (Å²) in [5.41, 5.74) is 1.97.